The molecule has 0 saturated carbocycles. The van der Waals surface area contributed by atoms with Gasteiger partial charge in [0.15, 0.2) is 0 Å². The van der Waals surface area contributed by atoms with Crippen LogP contribution in [0.4, 0.5) is 10.5 Å². The number of aromatic nitrogens is 2. The first kappa shape index (κ1) is 17.5. The van der Waals surface area contributed by atoms with Gasteiger partial charge in [-0.25, -0.2) is 4.79 Å². The average molecular weight is 340 g/mol. The molecule has 0 radical (unpaired) electrons. The Morgan fingerprint density at radius 3 is 2.80 bits per heavy atom. The number of nitrogens with one attached hydrogen (secondary N) is 1. The summed E-state index contributed by atoms with van der Waals surface area (Å²) in [6.07, 6.45) is 3.94. The van der Waals surface area contributed by atoms with Crippen molar-refractivity contribution in [2.24, 2.45) is 7.05 Å². The van der Waals surface area contributed by atoms with Gasteiger partial charge in [-0.3, -0.25) is 4.68 Å². The number of hydrogen-bond acceptors (Lipinski definition) is 2. The maximum atomic E-state index is 13.0. The molecule has 1 aliphatic heterocycles. The Morgan fingerprint density at radius 1 is 1.32 bits per heavy atom. The fourth-order valence-corrected chi connectivity index (χ4v) is 3.68. The molecule has 25 heavy (non-hydrogen) atoms. The van der Waals surface area contributed by atoms with Crippen molar-refractivity contribution in [3.8, 4) is 0 Å². The molecule has 0 unspecified atom stereocenters. The summed E-state index contributed by atoms with van der Waals surface area (Å²) in [6, 6.07) is 6.49. The molecule has 2 aromatic rings. The second-order valence-electron chi connectivity index (χ2n) is 7.33. The standard InChI is InChI=1S/C20H28N4O/c1-13(2)19-17(12-23(5)22-19)21-20(25)24-11-7-10-18(24)16-9-6-8-14(3)15(16)4/h6,8-9,12-13,18H,7,10-11H2,1-5H3,(H,21,25)/t18-/m1/s1. The van der Waals surface area contributed by atoms with E-state index in [0.717, 1.165) is 30.8 Å². The molecule has 5 nitrogen and oxygen atoms in total. The van der Waals surface area contributed by atoms with Gasteiger partial charge in [-0.2, -0.15) is 5.10 Å². The van der Waals surface area contributed by atoms with Crippen LogP contribution in [0.2, 0.25) is 0 Å². The summed E-state index contributed by atoms with van der Waals surface area (Å²) in [6.45, 7) is 9.25. The van der Waals surface area contributed by atoms with Crippen molar-refractivity contribution >= 4 is 11.7 Å². The van der Waals surface area contributed by atoms with Crippen LogP contribution < -0.4 is 5.32 Å². The summed E-state index contributed by atoms with van der Waals surface area (Å²) in [5.74, 6) is 0.268. The Bertz CT molecular complexity index is 778. The third-order valence-corrected chi connectivity index (χ3v) is 5.17. The third kappa shape index (κ3) is 3.41. The lowest BCUT2D eigenvalue weighted by Gasteiger charge is -2.27. The van der Waals surface area contributed by atoms with E-state index in [0.29, 0.717) is 0 Å². The maximum absolute atomic E-state index is 13.0. The van der Waals surface area contributed by atoms with Gasteiger partial charge in [0.2, 0.25) is 0 Å². The molecule has 1 aromatic heterocycles. The topological polar surface area (TPSA) is 50.2 Å². The van der Waals surface area contributed by atoms with Crippen LogP contribution >= 0.6 is 0 Å². The van der Waals surface area contributed by atoms with Gasteiger partial charge in [0, 0.05) is 19.8 Å². The number of aryl methyl sites for hydroxylation is 2. The van der Waals surface area contributed by atoms with Crippen LogP contribution in [0.25, 0.3) is 0 Å². The SMILES string of the molecule is Cc1cccc([C@H]2CCCN2C(=O)Nc2cn(C)nc2C(C)C)c1C. The summed E-state index contributed by atoms with van der Waals surface area (Å²) in [7, 11) is 1.89. The Balaban J connectivity index is 1.83. The fourth-order valence-electron chi connectivity index (χ4n) is 3.68. The van der Waals surface area contributed by atoms with Crippen molar-refractivity contribution in [3.63, 3.8) is 0 Å². The molecule has 1 atom stereocenters. The highest BCUT2D eigenvalue weighted by atomic mass is 16.2. The van der Waals surface area contributed by atoms with Crippen molar-refractivity contribution in [3.05, 3.63) is 46.8 Å². The molecule has 1 fully saturated rings. The number of benzene rings is 1. The summed E-state index contributed by atoms with van der Waals surface area (Å²) in [4.78, 5) is 14.9. The molecule has 1 N–H and O–H groups in total. The summed E-state index contributed by atoms with van der Waals surface area (Å²) < 4.78 is 1.76. The number of anilines is 1. The van der Waals surface area contributed by atoms with E-state index in [2.05, 4.69) is 56.3 Å². The minimum absolute atomic E-state index is 0.0293. The maximum Gasteiger partial charge on any atom is 0.322 e. The Hall–Kier alpha value is -2.30. The summed E-state index contributed by atoms with van der Waals surface area (Å²) >= 11 is 0. The molecule has 2 amide bonds. The minimum atomic E-state index is -0.0293. The number of hydrogen-bond donors (Lipinski definition) is 1. The Kier molecular flexibility index (Phi) is 4.84. The number of carbonyl (C=O) groups excluding carboxylic acids is 1. The van der Waals surface area contributed by atoms with Crippen LogP contribution in [0.1, 0.15) is 61.0 Å². The molecular weight excluding hydrogens is 312 g/mol. The third-order valence-electron chi connectivity index (χ3n) is 5.17. The first-order chi connectivity index (χ1) is 11.9. The highest BCUT2D eigenvalue weighted by Crippen LogP contribution is 2.35. The molecular formula is C20H28N4O. The summed E-state index contributed by atoms with van der Waals surface area (Å²) in [5, 5.41) is 7.57. The van der Waals surface area contributed by atoms with Gasteiger partial charge in [-0.05, 0) is 49.3 Å². The molecule has 0 bridgehead atoms. The Morgan fingerprint density at radius 2 is 2.08 bits per heavy atom. The molecule has 1 aliphatic rings. The van der Waals surface area contributed by atoms with E-state index < -0.39 is 0 Å². The molecule has 5 heteroatoms. The first-order valence-electron chi connectivity index (χ1n) is 9.05. The van der Waals surface area contributed by atoms with Crippen LogP contribution in [0.15, 0.2) is 24.4 Å². The van der Waals surface area contributed by atoms with Crippen molar-refractivity contribution in [1.82, 2.24) is 14.7 Å². The van der Waals surface area contributed by atoms with Gasteiger partial charge in [-0.15, -0.1) is 0 Å². The van der Waals surface area contributed by atoms with E-state index in [-0.39, 0.29) is 18.0 Å². The highest BCUT2D eigenvalue weighted by molar-refractivity contribution is 5.90. The highest BCUT2D eigenvalue weighted by Gasteiger charge is 2.31. The second-order valence-corrected chi connectivity index (χ2v) is 7.33. The molecule has 0 spiro atoms. The summed E-state index contributed by atoms with van der Waals surface area (Å²) in [5.41, 5.74) is 5.57. The van der Waals surface area contributed by atoms with Gasteiger partial charge in [0.1, 0.15) is 0 Å². The zero-order valence-corrected chi connectivity index (χ0v) is 15.8. The van der Waals surface area contributed by atoms with E-state index in [1.807, 2.05) is 18.1 Å². The number of nitrogens with zero attached hydrogens (tertiary/aromatic N) is 3. The number of rotatable bonds is 3. The molecule has 2 heterocycles. The predicted molar refractivity (Wildman–Crippen MR) is 101 cm³/mol. The zero-order valence-electron chi connectivity index (χ0n) is 15.8. The van der Waals surface area contributed by atoms with E-state index in [4.69, 9.17) is 0 Å². The van der Waals surface area contributed by atoms with Crippen molar-refractivity contribution < 1.29 is 4.79 Å². The molecule has 1 saturated heterocycles. The predicted octanol–water partition coefficient (Wildman–Crippen LogP) is 4.53. The number of amides is 2. The van der Waals surface area contributed by atoms with Crippen molar-refractivity contribution in [2.75, 3.05) is 11.9 Å². The lowest BCUT2D eigenvalue weighted by Crippen LogP contribution is -2.35. The van der Waals surface area contributed by atoms with Crippen molar-refractivity contribution in [2.45, 2.75) is 52.5 Å². The lowest BCUT2D eigenvalue weighted by atomic mass is 9.96. The molecule has 0 aliphatic carbocycles. The largest absolute Gasteiger partial charge is 0.322 e. The van der Waals surface area contributed by atoms with Gasteiger partial charge in [-0.1, -0.05) is 32.0 Å². The van der Waals surface area contributed by atoms with Crippen molar-refractivity contribution in [1.29, 1.82) is 0 Å². The van der Waals surface area contributed by atoms with E-state index in [1.54, 1.807) is 4.68 Å². The van der Waals surface area contributed by atoms with Gasteiger partial charge < -0.3 is 10.2 Å². The van der Waals surface area contributed by atoms with E-state index in [1.165, 1.54) is 16.7 Å². The molecule has 3 rings (SSSR count). The van der Waals surface area contributed by atoms with Gasteiger partial charge >= 0.3 is 6.03 Å². The first-order valence-corrected chi connectivity index (χ1v) is 9.05. The van der Waals surface area contributed by atoms with Gasteiger partial charge in [0.25, 0.3) is 0 Å². The van der Waals surface area contributed by atoms with Crippen LogP contribution in [0.5, 0.6) is 0 Å². The second kappa shape index (κ2) is 6.90. The molecule has 1 aromatic carbocycles. The van der Waals surface area contributed by atoms with Gasteiger partial charge in [0.05, 0.1) is 17.4 Å². The Labute approximate surface area is 150 Å². The van der Waals surface area contributed by atoms with Crippen LogP contribution in [0, 0.1) is 13.8 Å². The van der Waals surface area contributed by atoms with E-state index in [9.17, 15) is 4.79 Å². The number of urea groups is 1. The quantitative estimate of drug-likeness (QED) is 0.892. The lowest BCUT2D eigenvalue weighted by molar-refractivity contribution is 0.207. The van der Waals surface area contributed by atoms with Crippen LogP contribution in [0.3, 0.4) is 0 Å². The molecule has 134 valence electrons. The van der Waals surface area contributed by atoms with E-state index >= 15 is 0 Å². The number of carbonyl (C=O) groups is 1. The van der Waals surface area contributed by atoms with Crippen LogP contribution in [-0.4, -0.2) is 27.3 Å². The number of likely N-dealkylation sites (tertiary alicyclic amines) is 1. The zero-order chi connectivity index (χ0) is 18.1. The normalized spacial score (nSPS) is 17.4. The minimum Gasteiger partial charge on any atom is -0.317 e. The fraction of sp³-hybridized carbons (Fsp3) is 0.500. The van der Waals surface area contributed by atoms with Crippen LogP contribution in [-0.2, 0) is 7.05 Å². The smallest absolute Gasteiger partial charge is 0.317 e. The monoisotopic (exact) mass is 340 g/mol. The average Bonchev–Trinajstić information content (AvgIpc) is 3.16.